The summed E-state index contributed by atoms with van der Waals surface area (Å²) in [5.41, 5.74) is 6.01. The summed E-state index contributed by atoms with van der Waals surface area (Å²) in [5.74, 6) is -0.627. The van der Waals surface area contributed by atoms with E-state index < -0.39 is 5.82 Å². The Hall–Kier alpha value is -0.960. The molecule has 1 nitrogen and oxygen atoms in total. The van der Waals surface area contributed by atoms with Gasteiger partial charge in [0.15, 0.2) is 0 Å². The average molecular weight is 213 g/mol. The van der Waals surface area contributed by atoms with Crippen LogP contribution in [0.2, 0.25) is 0 Å². The third-order valence-corrected chi connectivity index (χ3v) is 2.94. The predicted molar refractivity (Wildman–Crippen MR) is 57.6 cm³/mol. The standard InChI is InChI=1S/C12H17F2N/c1-3-8(2)11(7-15)10-6-9(13)4-5-12(10)14/h4-6,8,11H,3,7,15H2,1-2H3. The Morgan fingerprint density at radius 3 is 2.53 bits per heavy atom. The molecule has 84 valence electrons. The molecular weight excluding hydrogens is 196 g/mol. The second kappa shape index (κ2) is 5.21. The molecule has 1 aromatic rings. The Morgan fingerprint density at radius 1 is 1.33 bits per heavy atom. The number of rotatable bonds is 4. The van der Waals surface area contributed by atoms with Crippen molar-refractivity contribution in [1.29, 1.82) is 0 Å². The van der Waals surface area contributed by atoms with Gasteiger partial charge in [-0.1, -0.05) is 20.3 Å². The molecule has 0 aromatic heterocycles. The molecule has 0 aliphatic rings. The van der Waals surface area contributed by atoms with Crippen LogP contribution in [0.15, 0.2) is 18.2 Å². The van der Waals surface area contributed by atoms with E-state index in [2.05, 4.69) is 0 Å². The molecule has 0 aliphatic heterocycles. The summed E-state index contributed by atoms with van der Waals surface area (Å²) < 4.78 is 26.5. The Kier molecular flexibility index (Phi) is 4.21. The molecule has 15 heavy (non-hydrogen) atoms. The third kappa shape index (κ3) is 2.75. The summed E-state index contributed by atoms with van der Waals surface area (Å²) in [6, 6.07) is 3.54. The van der Waals surface area contributed by atoms with Gasteiger partial charge in [-0.25, -0.2) is 8.78 Å². The van der Waals surface area contributed by atoms with Crippen LogP contribution in [-0.4, -0.2) is 6.54 Å². The Balaban J connectivity index is 3.05. The van der Waals surface area contributed by atoms with Crippen LogP contribution in [0.4, 0.5) is 8.78 Å². The lowest BCUT2D eigenvalue weighted by atomic mass is 9.85. The summed E-state index contributed by atoms with van der Waals surface area (Å²) in [5, 5.41) is 0. The van der Waals surface area contributed by atoms with Crippen LogP contribution < -0.4 is 5.73 Å². The first kappa shape index (κ1) is 12.1. The van der Waals surface area contributed by atoms with Gasteiger partial charge in [-0.3, -0.25) is 0 Å². The smallest absolute Gasteiger partial charge is 0.126 e. The quantitative estimate of drug-likeness (QED) is 0.817. The zero-order chi connectivity index (χ0) is 11.4. The van der Waals surface area contributed by atoms with Crippen LogP contribution in [0.1, 0.15) is 31.7 Å². The van der Waals surface area contributed by atoms with Crippen molar-refractivity contribution in [2.24, 2.45) is 11.7 Å². The van der Waals surface area contributed by atoms with Crippen molar-refractivity contribution in [2.45, 2.75) is 26.2 Å². The minimum Gasteiger partial charge on any atom is -0.330 e. The maximum atomic E-state index is 13.5. The van der Waals surface area contributed by atoms with Crippen molar-refractivity contribution in [1.82, 2.24) is 0 Å². The Labute approximate surface area is 89.3 Å². The van der Waals surface area contributed by atoms with Gasteiger partial charge in [0.1, 0.15) is 11.6 Å². The third-order valence-electron chi connectivity index (χ3n) is 2.94. The molecule has 3 heteroatoms. The van der Waals surface area contributed by atoms with E-state index in [9.17, 15) is 8.78 Å². The highest BCUT2D eigenvalue weighted by atomic mass is 19.1. The van der Waals surface area contributed by atoms with Crippen LogP contribution in [-0.2, 0) is 0 Å². The van der Waals surface area contributed by atoms with Crippen molar-refractivity contribution < 1.29 is 8.78 Å². The fraction of sp³-hybridized carbons (Fsp3) is 0.500. The van der Waals surface area contributed by atoms with Crippen LogP contribution >= 0.6 is 0 Å². The highest BCUT2D eigenvalue weighted by Crippen LogP contribution is 2.28. The van der Waals surface area contributed by atoms with E-state index in [-0.39, 0.29) is 17.7 Å². The van der Waals surface area contributed by atoms with Gasteiger partial charge in [0.2, 0.25) is 0 Å². The lowest BCUT2D eigenvalue weighted by Crippen LogP contribution is -2.20. The van der Waals surface area contributed by atoms with E-state index in [0.29, 0.717) is 12.1 Å². The minimum atomic E-state index is -0.409. The van der Waals surface area contributed by atoms with Gasteiger partial charge in [-0.05, 0) is 36.2 Å². The lowest BCUT2D eigenvalue weighted by Gasteiger charge is -2.22. The Bertz CT molecular complexity index is 325. The van der Waals surface area contributed by atoms with Crippen LogP contribution in [0.5, 0.6) is 0 Å². The van der Waals surface area contributed by atoms with Gasteiger partial charge in [-0.2, -0.15) is 0 Å². The fourth-order valence-electron chi connectivity index (χ4n) is 1.75. The van der Waals surface area contributed by atoms with E-state index in [0.717, 1.165) is 18.6 Å². The second-order valence-electron chi connectivity index (χ2n) is 3.89. The number of nitrogens with two attached hydrogens (primary N) is 1. The van der Waals surface area contributed by atoms with Gasteiger partial charge in [0.05, 0.1) is 0 Å². The molecule has 0 saturated carbocycles. The summed E-state index contributed by atoms with van der Waals surface area (Å²) in [4.78, 5) is 0. The molecule has 2 N–H and O–H groups in total. The number of halogens is 2. The van der Waals surface area contributed by atoms with Gasteiger partial charge < -0.3 is 5.73 Å². The summed E-state index contributed by atoms with van der Waals surface area (Å²) >= 11 is 0. The van der Waals surface area contributed by atoms with Crippen molar-refractivity contribution in [3.8, 4) is 0 Å². The number of hydrogen-bond acceptors (Lipinski definition) is 1. The molecule has 0 spiro atoms. The normalized spacial score (nSPS) is 15.0. The largest absolute Gasteiger partial charge is 0.330 e. The van der Waals surface area contributed by atoms with Gasteiger partial charge in [-0.15, -0.1) is 0 Å². The van der Waals surface area contributed by atoms with Crippen LogP contribution in [0, 0.1) is 17.6 Å². The van der Waals surface area contributed by atoms with Gasteiger partial charge >= 0.3 is 0 Å². The van der Waals surface area contributed by atoms with E-state index in [1.54, 1.807) is 0 Å². The zero-order valence-electron chi connectivity index (χ0n) is 9.13. The number of hydrogen-bond donors (Lipinski definition) is 1. The summed E-state index contributed by atoms with van der Waals surface area (Å²) in [7, 11) is 0. The number of benzene rings is 1. The van der Waals surface area contributed by atoms with Crippen LogP contribution in [0.3, 0.4) is 0 Å². The summed E-state index contributed by atoms with van der Waals surface area (Å²) in [6.45, 7) is 4.36. The molecule has 1 rings (SSSR count). The van der Waals surface area contributed by atoms with Crippen molar-refractivity contribution in [3.63, 3.8) is 0 Å². The van der Waals surface area contributed by atoms with Crippen molar-refractivity contribution >= 4 is 0 Å². The summed E-state index contributed by atoms with van der Waals surface area (Å²) in [6.07, 6.45) is 0.901. The van der Waals surface area contributed by atoms with Crippen molar-refractivity contribution in [2.75, 3.05) is 6.54 Å². The van der Waals surface area contributed by atoms with Crippen molar-refractivity contribution in [3.05, 3.63) is 35.4 Å². The van der Waals surface area contributed by atoms with E-state index >= 15 is 0 Å². The first-order valence-electron chi connectivity index (χ1n) is 5.25. The first-order valence-corrected chi connectivity index (χ1v) is 5.25. The predicted octanol–water partition coefficient (Wildman–Crippen LogP) is 3.05. The zero-order valence-corrected chi connectivity index (χ0v) is 9.13. The first-order chi connectivity index (χ1) is 7.10. The maximum Gasteiger partial charge on any atom is 0.126 e. The molecule has 0 amide bonds. The topological polar surface area (TPSA) is 26.0 Å². The molecule has 0 heterocycles. The van der Waals surface area contributed by atoms with Gasteiger partial charge in [0, 0.05) is 5.92 Å². The molecular formula is C12H17F2N. The van der Waals surface area contributed by atoms with Gasteiger partial charge in [0.25, 0.3) is 0 Å². The molecule has 0 bridgehead atoms. The molecule has 2 atom stereocenters. The molecule has 0 saturated heterocycles. The highest BCUT2D eigenvalue weighted by Gasteiger charge is 2.20. The maximum absolute atomic E-state index is 13.5. The lowest BCUT2D eigenvalue weighted by molar-refractivity contribution is 0.432. The molecule has 1 aromatic carbocycles. The molecule has 0 radical (unpaired) electrons. The highest BCUT2D eigenvalue weighted by molar-refractivity contribution is 5.23. The van der Waals surface area contributed by atoms with E-state index in [1.165, 1.54) is 6.07 Å². The van der Waals surface area contributed by atoms with E-state index in [1.807, 2.05) is 13.8 Å². The molecule has 2 unspecified atom stereocenters. The monoisotopic (exact) mass is 213 g/mol. The molecule has 0 fully saturated rings. The second-order valence-corrected chi connectivity index (χ2v) is 3.89. The minimum absolute atomic E-state index is 0.106. The van der Waals surface area contributed by atoms with E-state index in [4.69, 9.17) is 5.73 Å². The Morgan fingerprint density at radius 2 is 2.00 bits per heavy atom. The fourth-order valence-corrected chi connectivity index (χ4v) is 1.75. The van der Waals surface area contributed by atoms with Crippen LogP contribution in [0.25, 0.3) is 0 Å². The molecule has 0 aliphatic carbocycles. The SMILES string of the molecule is CCC(C)C(CN)c1cc(F)ccc1F. The average Bonchev–Trinajstić information content (AvgIpc) is 2.23.